The lowest BCUT2D eigenvalue weighted by atomic mass is 10.0. The Hall–Kier alpha value is -6.26. The molecule has 10 nitrogen and oxygen atoms in total. The molecule has 4 aromatic carbocycles. The van der Waals surface area contributed by atoms with Gasteiger partial charge in [-0.25, -0.2) is 4.79 Å². The van der Waals surface area contributed by atoms with Crippen molar-refractivity contribution in [1.29, 1.82) is 10.5 Å². The van der Waals surface area contributed by atoms with Gasteiger partial charge in [0.15, 0.2) is 5.78 Å². The average Bonchev–Trinajstić information content (AvgIpc) is 3.10. The molecule has 0 saturated carbocycles. The number of nitrogens with two attached hydrogens (primary N) is 1. The minimum Gasteiger partial charge on any atom is -0.496 e. The molecule has 268 valence electrons. The molecule has 51 heavy (non-hydrogen) atoms. The number of ketones is 1. The number of aryl methyl sites for hydroxylation is 1. The van der Waals surface area contributed by atoms with Gasteiger partial charge in [-0.2, -0.15) is 10.5 Å². The van der Waals surface area contributed by atoms with Crippen molar-refractivity contribution < 1.29 is 60.0 Å². The largest absolute Gasteiger partial charge is 0.573 e. The number of alkyl halides is 6. The van der Waals surface area contributed by atoms with E-state index in [1.54, 1.807) is 24.3 Å². The minimum atomic E-state index is -4.78. The Balaban J connectivity index is 0.000000293. The first-order chi connectivity index (χ1) is 24.0. The van der Waals surface area contributed by atoms with E-state index in [0.717, 1.165) is 12.1 Å². The minimum absolute atomic E-state index is 0.137. The maximum atomic E-state index is 12.2. The lowest BCUT2D eigenvalue weighted by Crippen LogP contribution is -2.17. The number of halogens is 6. The first kappa shape index (κ1) is 40.9. The molecule has 0 heterocycles. The van der Waals surface area contributed by atoms with Crippen molar-refractivity contribution in [1.82, 2.24) is 0 Å². The monoisotopic (exact) mass is 717 g/mol. The molecule has 0 unspecified atom stereocenters. The molecule has 0 spiro atoms. The van der Waals surface area contributed by atoms with Gasteiger partial charge in [-0.1, -0.05) is 24.3 Å². The van der Waals surface area contributed by atoms with Crippen molar-refractivity contribution in [2.45, 2.75) is 32.1 Å². The maximum absolute atomic E-state index is 12.2. The van der Waals surface area contributed by atoms with Gasteiger partial charge in [-0.3, -0.25) is 4.79 Å². The van der Waals surface area contributed by atoms with Gasteiger partial charge in [0.05, 0.1) is 43.0 Å². The first-order valence-electron chi connectivity index (χ1n) is 14.3. The summed E-state index contributed by atoms with van der Waals surface area (Å²) < 4.78 is 89.9. The molecule has 0 saturated heterocycles. The number of rotatable bonds is 10. The zero-order chi connectivity index (χ0) is 38.2. The number of carbonyl (C=O) groups is 2. The first-order valence-corrected chi connectivity index (χ1v) is 14.3. The van der Waals surface area contributed by atoms with Crippen LogP contribution in [-0.2, 0) is 13.0 Å². The third-order valence-electron chi connectivity index (χ3n) is 6.42. The van der Waals surface area contributed by atoms with E-state index in [9.17, 15) is 35.9 Å². The third kappa shape index (κ3) is 14.4. The van der Waals surface area contributed by atoms with Crippen LogP contribution in [0, 0.1) is 22.7 Å². The Morgan fingerprint density at radius 3 is 1.47 bits per heavy atom. The molecule has 4 rings (SSSR count). The lowest BCUT2D eigenvalue weighted by Gasteiger charge is -2.13. The fraction of sp³-hybridized carbons (Fsp3) is 0.200. The number of benzene rings is 4. The normalized spacial score (nSPS) is 10.5. The van der Waals surface area contributed by atoms with Crippen LogP contribution in [0.15, 0.2) is 84.9 Å². The van der Waals surface area contributed by atoms with Gasteiger partial charge in [-0.15, -0.1) is 26.3 Å². The molecule has 0 fully saturated rings. The molecular formula is C35H29F6N3O7. The number of hydrogen-bond acceptors (Lipinski definition) is 9. The molecule has 0 bridgehead atoms. The second-order valence-electron chi connectivity index (χ2n) is 9.85. The van der Waals surface area contributed by atoms with E-state index >= 15 is 0 Å². The van der Waals surface area contributed by atoms with E-state index in [4.69, 9.17) is 30.8 Å². The number of hydrogen-bond donors (Lipinski definition) is 2. The fourth-order valence-corrected chi connectivity index (χ4v) is 4.03. The fourth-order valence-electron chi connectivity index (χ4n) is 4.03. The topological polar surface area (TPSA) is 165 Å². The number of carbonyl (C=O) groups excluding carboxylic acids is 1. The molecule has 3 N–H and O–H groups in total. The highest BCUT2D eigenvalue weighted by molar-refractivity contribution is 5.96. The van der Waals surface area contributed by atoms with Gasteiger partial charge in [-0.05, 0) is 60.5 Å². The summed E-state index contributed by atoms with van der Waals surface area (Å²) in [6, 6.07) is 23.4. The Labute approximate surface area is 287 Å². The number of methoxy groups -OCH3 is 2. The summed E-state index contributed by atoms with van der Waals surface area (Å²) in [6.07, 6.45) is -9.02. The number of Topliss-reactive ketones (excluding diaryl/α,β-unsaturated/α-hetero) is 1. The van der Waals surface area contributed by atoms with Gasteiger partial charge in [0, 0.05) is 36.2 Å². The van der Waals surface area contributed by atoms with Crippen molar-refractivity contribution >= 4 is 11.8 Å². The van der Waals surface area contributed by atoms with Crippen molar-refractivity contribution in [3.05, 3.63) is 118 Å². The number of carboxylic acid groups (broad SMARTS) is 1. The second-order valence-corrected chi connectivity index (χ2v) is 9.85. The predicted molar refractivity (Wildman–Crippen MR) is 169 cm³/mol. The van der Waals surface area contributed by atoms with Gasteiger partial charge in [0.25, 0.3) is 0 Å². The van der Waals surface area contributed by atoms with Crippen molar-refractivity contribution in [3.63, 3.8) is 0 Å². The molecule has 0 amide bonds. The number of nitriles is 2. The molecule has 16 heteroatoms. The summed E-state index contributed by atoms with van der Waals surface area (Å²) in [5.41, 5.74) is 8.16. The third-order valence-corrected chi connectivity index (χ3v) is 6.42. The van der Waals surface area contributed by atoms with E-state index in [1.807, 2.05) is 12.1 Å². The van der Waals surface area contributed by atoms with E-state index in [-0.39, 0.29) is 47.3 Å². The van der Waals surface area contributed by atoms with Crippen LogP contribution in [-0.4, -0.2) is 43.8 Å². The molecule has 0 aliphatic carbocycles. The van der Waals surface area contributed by atoms with Crippen LogP contribution in [0.2, 0.25) is 0 Å². The quantitative estimate of drug-likeness (QED) is 0.123. The van der Waals surface area contributed by atoms with Crippen molar-refractivity contribution in [2.75, 3.05) is 14.2 Å². The highest BCUT2D eigenvalue weighted by Crippen LogP contribution is 2.30. The Morgan fingerprint density at radius 1 is 0.686 bits per heavy atom. The Kier molecular flexibility index (Phi) is 15.3. The lowest BCUT2D eigenvalue weighted by molar-refractivity contribution is -0.275. The van der Waals surface area contributed by atoms with E-state index < -0.39 is 18.7 Å². The molecule has 0 aromatic heterocycles. The standard InChI is InChI=1S/C18H14F3NO3.C9H10F3NO2.C8H5NO2/c1-24-17-10-15(25-18(19,20)21)8-6-14(17)7-9-16(23)13-4-2-12(11-22)3-5-13;1-14-8-4-7(15-9(10,11)12)3-2-6(8)5-13;9-5-6-1-3-7(4-2-6)8(10)11/h2-6,8,10H,7,9H2,1H3;2-4H,5,13H2,1H3;1-4H,(H,10,11). The average molecular weight is 718 g/mol. The summed E-state index contributed by atoms with van der Waals surface area (Å²) in [7, 11) is 2.69. The van der Waals surface area contributed by atoms with Gasteiger partial charge >= 0.3 is 18.7 Å². The Morgan fingerprint density at radius 2 is 1.10 bits per heavy atom. The molecule has 0 radical (unpaired) electrons. The van der Waals surface area contributed by atoms with Crippen molar-refractivity contribution in [2.24, 2.45) is 5.73 Å². The summed E-state index contributed by atoms with van der Waals surface area (Å²) >= 11 is 0. The highest BCUT2D eigenvalue weighted by Gasteiger charge is 2.32. The number of nitrogens with zero attached hydrogens (tertiary/aromatic N) is 2. The van der Waals surface area contributed by atoms with Crippen LogP contribution in [0.1, 0.15) is 49.4 Å². The number of carboxylic acids is 1. The molecule has 0 atom stereocenters. The molecule has 4 aromatic rings. The van der Waals surface area contributed by atoms with Crippen LogP contribution >= 0.6 is 0 Å². The summed E-state index contributed by atoms with van der Waals surface area (Å²) in [6.45, 7) is 0.190. The highest BCUT2D eigenvalue weighted by atomic mass is 19.4. The van der Waals surface area contributed by atoms with E-state index in [2.05, 4.69) is 9.47 Å². The van der Waals surface area contributed by atoms with Crippen LogP contribution < -0.4 is 24.7 Å². The smallest absolute Gasteiger partial charge is 0.496 e. The Bertz CT molecular complexity index is 1850. The van der Waals surface area contributed by atoms with Crippen LogP contribution in [0.4, 0.5) is 26.3 Å². The summed E-state index contributed by atoms with van der Waals surface area (Å²) in [4.78, 5) is 22.5. The molecule has 0 aliphatic rings. The molecule has 0 aliphatic heterocycles. The van der Waals surface area contributed by atoms with Crippen LogP contribution in [0.3, 0.4) is 0 Å². The van der Waals surface area contributed by atoms with Crippen LogP contribution in [0.25, 0.3) is 0 Å². The predicted octanol–water partition coefficient (Wildman–Crippen LogP) is 7.59. The zero-order valence-electron chi connectivity index (χ0n) is 26.8. The van der Waals surface area contributed by atoms with Gasteiger partial charge < -0.3 is 29.8 Å². The van der Waals surface area contributed by atoms with Crippen LogP contribution in [0.5, 0.6) is 23.0 Å². The maximum Gasteiger partial charge on any atom is 0.573 e. The van der Waals surface area contributed by atoms with E-state index in [1.165, 1.54) is 62.8 Å². The molecular weight excluding hydrogens is 688 g/mol. The van der Waals surface area contributed by atoms with Crippen molar-refractivity contribution in [3.8, 4) is 35.1 Å². The van der Waals surface area contributed by atoms with Gasteiger partial charge in [0.2, 0.25) is 0 Å². The van der Waals surface area contributed by atoms with Gasteiger partial charge in [0.1, 0.15) is 23.0 Å². The number of aromatic carboxylic acids is 1. The summed E-state index contributed by atoms with van der Waals surface area (Å²) in [5, 5.41) is 25.6. The SMILES string of the molecule is COc1cc(OC(F)(F)F)ccc1CCC(=O)c1ccc(C#N)cc1.COc1cc(OC(F)(F)F)ccc1CN.N#Cc1ccc(C(=O)O)cc1. The van der Waals surface area contributed by atoms with E-state index in [0.29, 0.717) is 34.2 Å². The second kappa shape index (κ2) is 19.1. The summed E-state index contributed by atoms with van der Waals surface area (Å²) in [5.74, 6) is -1.33. The number of ether oxygens (including phenoxy) is 4. The zero-order valence-corrected chi connectivity index (χ0v) is 26.8.